The monoisotopic (exact) mass is 797 g/mol. The van der Waals surface area contributed by atoms with Crippen LogP contribution < -0.4 is 0 Å². The van der Waals surface area contributed by atoms with Crippen molar-refractivity contribution < 1.29 is 28.6 Å². The summed E-state index contributed by atoms with van der Waals surface area (Å²) in [5, 5.41) is 0. The molecule has 0 bridgehead atoms. The second-order valence-corrected chi connectivity index (χ2v) is 13.5. The van der Waals surface area contributed by atoms with Crippen LogP contribution in [0.5, 0.6) is 0 Å². The van der Waals surface area contributed by atoms with Gasteiger partial charge in [-0.05, 0) is 103 Å². The summed E-state index contributed by atoms with van der Waals surface area (Å²) in [6, 6.07) is 0. The van der Waals surface area contributed by atoms with E-state index in [4.69, 9.17) is 14.2 Å². The summed E-state index contributed by atoms with van der Waals surface area (Å²) >= 11 is 0. The number of ether oxygens (including phenoxy) is 3. The van der Waals surface area contributed by atoms with Crippen LogP contribution in [0.4, 0.5) is 0 Å². The topological polar surface area (TPSA) is 78.9 Å². The quantitative estimate of drug-likeness (QED) is 0.0272. The third-order valence-electron chi connectivity index (χ3n) is 8.12. The highest BCUT2D eigenvalue weighted by atomic mass is 16.6. The number of carbonyl (C=O) groups excluding carboxylic acids is 3. The largest absolute Gasteiger partial charge is 0.462 e. The lowest BCUT2D eigenvalue weighted by atomic mass is 10.2. The summed E-state index contributed by atoms with van der Waals surface area (Å²) < 4.78 is 16.4. The molecular formula is C52H76O6. The molecule has 1 unspecified atom stereocenters. The van der Waals surface area contributed by atoms with Gasteiger partial charge in [-0.1, -0.05) is 167 Å². The third kappa shape index (κ3) is 42.4. The Hall–Kier alpha value is -4.71. The Labute approximate surface area is 353 Å². The minimum absolute atomic E-state index is 0.106. The number of esters is 3. The van der Waals surface area contributed by atoms with Gasteiger partial charge in [0.05, 0.1) is 6.42 Å². The minimum Gasteiger partial charge on any atom is -0.462 e. The van der Waals surface area contributed by atoms with Crippen molar-refractivity contribution in [2.24, 2.45) is 0 Å². The average molecular weight is 797 g/mol. The third-order valence-corrected chi connectivity index (χ3v) is 8.12. The first-order valence-corrected chi connectivity index (χ1v) is 21.8. The van der Waals surface area contributed by atoms with Gasteiger partial charge in [-0.3, -0.25) is 14.4 Å². The SMILES string of the molecule is CC/C=C\C/C=C\C/C=C\C/C=C\C/C=C\C/C=C\CCC(=O)OCC(COC(=O)C/C=C\C/C=C\C/C=C\CC)OC(=O)CCCC/C=C\C/C=C\C/C=C\CC. The first-order valence-electron chi connectivity index (χ1n) is 21.8. The molecule has 0 saturated carbocycles. The fourth-order valence-corrected chi connectivity index (χ4v) is 4.95. The number of rotatable bonds is 36. The van der Waals surface area contributed by atoms with Gasteiger partial charge in [0.2, 0.25) is 0 Å². The Morgan fingerprint density at radius 2 is 0.707 bits per heavy atom. The van der Waals surface area contributed by atoms with Gasteiger partial charge in [-0.2, -0.15) is 0 Å². The molecule has 0 aromatic rings. The maximum absolute atomic E-state index is 12.7. The van der Waals surface area contributed by atoms with Crippen LogP contribution in [0.2, 0.25) is 0 Å². The van der Waals surface area contributed by atoms with Crippen molar-refractivity contribution in [3.8, 4) is 0 Å². The highest BCUT2D eigenvalue weighted by Crippen LogP contribution is 2.08. The van der Waals surface area contributed by atoms with Gasteiger partial charge < -0.3 is 14.2 Å². The molecule has 0 aromatic heterocycles. The molecule has 0 spiro atoms. The molecule has 0 saturated heterocycles. The van der Waals surface area contributed by atoms with Gasteiger partial charge in [0.1, 0.15) is 13.2 Å². The molecule has 6 nitrogen and oxygen atoms in total. The number of hydrogen-bond acceptors (Lipinski definition) is 6. The summed E-state index contributed by atoms with van der Waals surface area (Å²) in [7, 11) is 0. The smallest absolute Gasteiger partial charge is 0.309 e. The normalized spacial score (nSPS) is 13.5. The van der Waals surface area contributed by atoms with E-state index in [0.29, 0.717) is 12.8 Å². The molecule has 0 amide bonds. The summed E-state index contributed by atoms with van der Waals surface area (Å²) in [6.45, 7) is 6.03. The maximum atomic E-state index is 12.7. The predicted octanol–water partition coefficient (Wildman–Crippen LogP) is 14.1. The van der Waals surface area contributed by atoms with Crippen LogP contribution in [-0.2, 0) is 28.6 Å². The maximum Gasteiger partial charge on any atom is 0.309 e. The molecule has 1 atom stereocenters. The second-order valence-electron chi connectivity index (χ2n) is 13.5. The molecule has 0 heterocycles. The molecule has 6 heteroatoms. The van der Waals surface area contributed by atoms with E-state index in [2.05, 4.69) is 142 Å². The molecule has 0 rings (SSSR count). The Bertz CT molecular complexity index is 1380. The Morgan fingerprint density at radius 3 is 1.12 bits per heavy atom. The fraction of sp³-hybridized carbons (Fsp3) is 0.481. The summed E-state index contributed by atoms with van der Waals surface area (Å²) in [4.78, 5) is 37.5. The van der Waals surface area contributed by atoms with Crippen LogP contribution in [0.1, 0.15) is 143 Å². The molecule has 0 radical (unpaired) electrons. The standard InChI is InChI=1S/C52H76O6/c1-4-7-10-13-16-19-21-23-24-25-26-27-28-29-31-33-36-39-42-45-51(54)57-48-49(47-56-50(53)44-41-38-35-32-18-15-12-9-6-3)58-52(55)46-43-40-37-34-30-22-20-17-14-11-8-5-2/h7-12,16-20,23-24,26-27,29-32,34,36,38-39,41,49H,4-6,13-15,21-22,25,28,33,35,37,40,42-48H2,1-3H3/b10-7-,11-8-,12-9-,19-16-,20-17-,24-23-,27-26-,31-29-,32-18-,34-30-,39-36-,41-38-. The van der Waals surface area contributed by atoms with Gasteiger partial charge in [0.25, 0.3) is 0 Å². The van der Waals surface area contributed by atoms with Crippen LogP contribution in [0.25, 0.3) is 0 Å². The summed E-state index contributed by atoms with van der Waals surface area (Å²) in [5.41, 5.74) is 0. The van der Waals surface area contributed by atoms with E-state index < -0.39 is 24.0 Å². The van der Waals surface area contributed by atoms with Crippen LogP contribution >= 0.6 is 0 Å². The van der Waals surface area contributed by atoms with E-state index >= 15 is 0 Å². The van der Waals surface area contributed by atoms with Crippen LogP contribution in [0.3, 0.4) is 0 Å². The fourth-order valence-electron chi connectivity index (χ4n) is 4.95. The molecule has 0 fully saturated rings. The molecule has 58 heavy (non-hydrogen) atoms. The minimum atomic E-state index is -0.867. The van der Waals surface area contributed by atoms with Crippen molar-refractivity contribution in [3.05, 3.63) is 146 Å². The van der Waals surface area contributed by atoms with E-state index in [-0.39, 0.29) is 32.5 Å². The van der Waals surface area contributed by atoms with Crippen molar-refractivity contribution in [1.29, 1.82) is 0 Å². The van der Waals surface area contributed by atoms with E-state index in [1.165, 1.54) is 0 Å². The summed E-state index contributed by atoms with van der Waals surface area (Å²) in [6.07, 6.45) is 64.6. The Balaban J connectivity index is 4.62. The highest BCUT2D eigenvalue weighted by Gasteiger charge is 2.19. The van der Waals surface area contributed by atoms with E-state index in [1.807, 2.05) is 18.2 Å². The summed E-state index contributed by atoms with van der Waals surface area (Å²) in [5.74, 6) is -1.23. The molecule has 0 N–H and O–H groups in total. The molecular weight excluding hydrogens is 721 g/mol. The van der Waals surface area contributed by atoms with Crippen molar-refractivity contribution in [2.45, 2.75) is 149 Å². The first-order chi connectivity index (χ1) is 28.5. The van der Waals surface area contributed by atoms with Crippen LogP contribution in [0, 0.1) is 0 Å². The molecule has 0 aliphatic heterocycles. The van der Waals surface area contributed by atoms with Gasteiger partial charge in [0.15, 0.2) is 6.10 Å². The van der Waals surface area contributed by atoms with E-state index in [9.17, 15) is 14.4 Å². The molecule has 0 aliphatic rings. The Kier molecular flexibility index (Phi) is 41.3. The van der Waals surface area contributed by atoms with Gasteiger partial charge in [0, 0.05) is 12.8 Å². The van der Waals surface area contributed by atoms with Gasteiger partial charge >= 0.3 is 17.9 Å². The van der Waals surface area contributed by atoms with Crippen LogP contribution in [-0.4, -0.2) is 37.2 Å². The van der Waals surface area contributed by atoms with Gasteiger partial charge in [-0.15, -0.1) is 0 Å². The predicted molar refractivity (Wildman–Crippen MR) is 246 cm³/mol. The zero-order valence-electron chi connectivity index (χ0n) is 36.2. The lowest BCUT2D eigenvalue weighted by molar-refractivity contribution is -0.166. The lowest BCUT2D eigenvalue weighted by Gasteiger charge is -2.18. The molecule has 320 valence electrons. The number of carbonyl (C=O) groups is 3. The molecule has 0 aromatic carbocycles. The van der Waals surface area contributed by atoms with Crippen molar-refractivity contribution in [1.82, 2.24) is 0 Å². The number of unbranched alkanes of at least 4 members (excludes halogenated alkanes) is 2. The van der Waals surface area contributed by atoms with Crippen molar-refractivity contribution >= 4 is 17.9 Å². The highest BCUT2D eigenvalue weighted by molar-refractivity contribution is 5.72. The van der Waals surface area contributed by atoms with Crippen molar-refractivity contribution in [3.63, 3.8) is 0 Å². The zero-order chi connectivity index (χ0) is 42.3. The first kappa shape index (κ1) is 53.3. The Morgan fingerprint density at radius 1 is 0.362 bits per heavy atom. The second kappa shape index (κ2) is 45.0. The average Bonchev–Trinajstić information content (AvgIpc) is 3.22. The van der Waals surface area contributed by atoms with Crippen LogP contribution in [0.15, 0.2) is 146 Å². The van der Waals surface area contributed by atoms with E-state index in [0.717, 1.165) is 89.9 Å². The van der Waals surface area contributed by atoms with Gasteiger partial charge in [-0.25, -0.2) is 0 Å². The number of hydrogen-bond donors (Lipinski definition) is 0. The van der Waals surface area contributed by atoms with Crippen molar-refractivity contribution in [2.75, 3.05) is 13.2 Å². The zero-order valence-corrected chi connectivity index (χ0v) is 36.2. The number of allylic oxidation sites excluding steroid dienone is 23. The van der Waals surface area contributed by atoms with E-state index in [1.54, 1.807) is 6.08 Å². The molecule has 0 aliphatic carbocycles. The lowest BCUT2D eigenvalue weighted by Crippen LogP contribution is -2.30.